The molecule has 0 saturated carbocycles. The van der Waals surface area contributed by atoms with Gasteiger partial charge in [0.25, 0.3) is 0 Å². The van der Waals surface area contributed by atoms with E-state index in [1.807, 2.05) is 13.8 Å². The fraction of sp³-hybridized carbons (Fsp3) is 0.583. The average Bonchev–Trinajstić information content (AvgIpc) is 2.26. The van der Waals surface area contributed by atoms with Crippen LogP contribution in [0, 0.1) is 5.41 Å². The van der Waals surface area contributed by atoms with Crippen LogP contribution in [0.2, 0.25) is 0 Å². The number of primary amides is 1. The minimum atomic E-state index is -0.654. The molecule has 1 aromatic rings. The zero-order chi connectivity index (χ0) is 13.8. The van der Waals surface area contributed by atoms with Gasteiger partial charge in [-0.25, -0.2) is 4.98 Å². The van der Waals surface area contributed by atoms with Crippen molar-refractivity contribution in [1.29, 1.82) is 0 Å². The van der Waals surface area contributed by atoms with Crippen LogP contribution in [0.3, 0.4) is 0 Å². The molecule has 0 aliphatic carbocycles. The predicted octanol–water partition coefficient (Wildman–Crippen LogP) is 1.19. The maximum absolute atomic E-state index is 11.2. The normalized spacial score (nSPS) is 11.4. The lowest BCUT2D eigenvalue weighted by Gasteiger charge is -2.20. The van der Waals surface area contributed by atoms with E-state index in [1.165, 1.54) is 0 Å². The minimum absolute atomic E-state index is 0.0508. The molecule has 0 aromatic carbocycles. The zero-order valence-electron chi connectivity index (χ0n) is 11.2. The molecule has 0 aliphatic rings. The second kappa shape index (κ2) is 5.66. The Balaban J connectivity index is 2.65. The van der Waals surface area contributed by atoms with E-state index in [0.29, 0.717) is 18.4 Å². The first kappa shape index (κ1) is 14.2. The maximum Gasteiger partial charge on any atom is 0.225 e. The number of anilines is 1. The van der Waals surface area contributed by atoms with Crippen molar-refractivity contribution in [3.8, 4) is 5.88 Å². The van der Waals surface area contributed by atoms with E-state index in [-0.39, 0.29) is 12.0 Å². The quantitative estimate of drug-likeness (QED) is 0.793. The molecule has 0 atom stereocenters. The number of ether oxygens (including phenoxy) is 1. The Morgan fingerprint density at radius 1 is 1.56 bits per heavy atom. The standard InChI is InChI=1S/C12H20N4O2/c1-8(2)18-9-5-6-14-11(16-9)15-7-12(3,4)10(13)17/h5-6,8H,7H2,1-4H3,(H2,13,17)(H,14,15,16). The zero-order valence-corrected chi connectivity index (χ0v) is 11.2. The number of amides is 1. The van der Waals surface area contributed by atoms with E-state index in [4.69, 9.17) is 10.5 Å². The van der Waals surface area contributed by atoms with Crippen molar-refractivity contribution < 1.29 is 9.53 Å². The number of rotatable bonds is 6. The number of carbonyl (C=O) groups is 1. The molecule has 1 aromatic heterocycles. The van der Waals surface area contributed by atoms with Crippen molar-refractivity contribution in [1.82, 2.24) is 9.97 Å². The smallest absolute Gasteiger partial charge is 0.225 e. The molecule has 6 nitrogen and oxygen atoms in total. The first-order valence-corrected chi connectivity index (χ1v) is 5.85. The molecule has 0 unspecified atom stereocenters. The number of nitrogens with two attached hydrogens (primary N) is 1. The summed E-state index contributed by atoms with van der Waals surface area (Å²) in [5.74, 6) is 0.548. The van der Waals surface area contributed by atoms with Crippen LogP contribution in [0.25, 0.3) is 0 Å². The number of nitrogens with zero attached hydrogens (tertiary/aromatic N) is 2. The molecule has 0 bridgehead atoms. The molecule has 6 heteroatoms. The number of hydrogen-bond donors (Lipinski definition) is 2. The second-order valence-electron chi connectivity index (χ2n) is 4.99. The van der Waals surface area contributed by atoms with Gasteiger partial charge in [-0.1, -0.05) is 0 Å². The highest BCUT2D eigenvalue weighted by Gasteiger charge is 2.24. The van der Waals surface area contributed by atoms with Crippen molar-refractivity contribution in [3.05, 3.63) is 12.3 Å². The largest absolute Gasteiger partial charge is 0.475 e. The number of nitrogens with one attached hydrogen (secondary N) is 1. The van der Waals surface area contributed by atoms with E-state index in [0.717, 1.165) is 0 Å². The van der Waals surface area contributed by atoms with Crippen molar-refractivity contribution in [3.63, 3.8) is 0 Å². The monoisotopic (exact) mass is 252 g/mol. The van der Waals surface area contributed by atoms with Crippen molar-refractivity contribution >= 4 is 11.9 Å². The summed E-state index contributed by atoms with van der Waals surface area (Å²) in [6.45, 7) is 7.73. The Labute approximate surface area is 107 Å². The summed E-state index contributed by atoms with van der Waals surface area (Å²) in [6, 6.07) is 1.68. The van der Waals surface area contributed by atoms with Crippen LogP contribution in [-0.4, -0.2) is 28.5 Å². The lowest BCUT2D eigenvalue weighted by Crippen LogP contribution is -2.37. The Bertz CT molecular complexity index is 418. The van der Waals surface area contributed by atoms with Gasteiger partial charge in [-0.15, -0.1) is 0 Å². The van der Waals surface area contributed by atoms with Gasteiger partial charge < -0.3 is 15.8 Å². The fourth-order valence-corrected chi connectivity index (χ4v) is 1.12. The molecular formula is C12H20N4O2. The van der Waals surface area contributed by atoms with Gasteiger partial charge in [0.1, 0.15) is 0 Å². The van der Waals surface area contributed by atoms with Crippen LogP contribution >= 0.6 is 0 Å². The molecule has 0 spiro atoms. The van der Waals surface area contributed by atoms with Crippen molar-refractivity contribution in [2.75, 3.05) is 11.9 Å². The van der Waals surface area contributed by atoms with Gasteiger partial charge in [-0.2, -0.15) is 4.98 Å². The van der Waals surface area contributed by atoms with Crippen molar-refractivity contribution in [2.45, 2.75) is 33.8 Å². The third-order valence-corrected chi connectivity index (χ3v) is 2.34. The van der Waals surface area contributed by atoms with Crippen LogP contribution in [0.15, 0.2) is 12.3 Å². The highest BCUT2D eigenvalue weighted by molar-refractivity contribution is 5.80. The number of aromatic nitrogens is 2. The summed E-state index contributed by atoms with van der Waals surface area (Å²) in [4.78, 5) is 19.4. The first-order valence-electron chi connectivity index (χ1n) is 5.85. The summed E-state index contributed by atoms with van der Waals surface area (Å²) >= 11 is 0. The van der Waals surface area contributed by atoms with E-state index < -0.39 is 5.41 Å². The minimum Gasteiger partial charge on any atom is -0.475 e. The van der Waals surface area contributed by atoms with Gasteiger partial charge in [0.05, 0.1) is 11.5 Å². The number of hydrogen-bond acceptors (Lipinski definition) is 5. The van der Waals surface area contributed by atoms with Crippen LogP contribution in [0.1, 0.15) is 27.7 Å². The molecule has 0 radical (unpaired) electrons. The molecule has 1 rings (SSSR count). The highest BCUT2D eigenvalue weighted by atomic mass is 16.5. The van der Waals surface area contributed by atoms with Crippen LogP contribution < -0.4 is 15.8 Å². The van der Waals surface area contributed by atoms with Gasteiger partial charge in [0.2, 0.25) is 17.7 Å². The molecule has 100 valence electrons. The van der Waals surface area contributed by atoms with Crippen LogP contribution in [0.4, 0.5) is 5.95 Å². The van der Waals surface area contributed by atoms with Gasteiger partial charge in [0, 0.05) is 18.8 Å². The fourth-order valence-electron chi connectivity index (χ4n) is 1.12. The lowest BCUT2D eigenvalue weighted by atomic mass is 9.93. The summed E-state index contributed by atoms with van der Waals surface area (Å²) in [5.41, 5.74) is 4.63. The molecular weight excluding hydrogens is 232 g/mol. The van der Waals surface area contributed by atoms with Gasteiger partial charge in [0.15, 0.2) is 0 Å². The average molecular weight is 252 g/mol. The van der Waals surface area contributed by atoms with E-state index >= 15 is 0 Å². The molecule has 0 saturated heterocycles. The Morgan fingerprint density at radius 3 is 2.78 bits per heavy atom. The Kier molecular flexibility index (Phi) is 4.47. The van der Waals surface area contributed by atoms with Gasteiger partial charge in [-0.3, -0.25) is 4.79 Å². The van der Waals surface area contributed by atoms with E-state index in [9.17, 15) is 4.79 Å². The van der Waals surface area contributed by atoms with E-state index in [2.05, 4.69) is 15.3 Å². The van der Waals surface area contributed by atoms with Crippen molar-refractivity contribution in [2.24, 2.45) is 11.1 Å². The van der Waals surface area contributed by atoms with Gasteiger partial charge in [-0.05, 0) is 27.7 Å². The molecule has 3 N–H and O–H groups in total. The second-order valence-corrected chi connectivity index (χ2v) is 4.99. The summed E-state index contributed by atoms with van der Waals surface area (Å²) in [6.07, 6.45) is 1.65. The summed E-state index contributed by atoms with van der Waals surface area (Å²) in [5, 5.41) is 2.98. The van der Waals surface area contributed by atoms with Crippen LogP contribution in [-0.2, 0) is 4.79 Å². The Morgan fingerprint density at radius 2 is 2.22 bits per heavy atom. The molecule has 0 fully saturated rings. The maximum atomic E-state index is 11.2. The SMILES string of the molecule is CC(C)Oc1ccnc(NCC(C)(C)C(N)=O)n1. The van der Waals surface area contributed by atoms with E-state index in [1.54, 1.807) is 26.1 Å². The van der Waals surface area contributed by atoms with Gasteiger partial charge >= 0.3 is 0 Å². The first-order chi connectivity index (χ1) is 8.31. The summed E-state index contributed by atoms with van der Waals surface area (Å²) < 4.78 is 5.45. The molecule has 1 heterocycles. The summed E-state index contributed by atoms with van der Waals surface area (Å²) in [7, 11) is 0. The predicted molar refractivity (Wildman–Crippen MR) is 69.3 cm³/mol. The number of carbonyl (C=O) groups excluding carboxylic acids is 1. The lowest BCUT2D eigenvalue weighted by molar-refractivity contribution is -0.125. The third kappa shape index (κ3) is 4.20. The molecule has 18 heavy (non-hydrogen) atoms. The molecule has 1 amide bonds. The highest BCUT2D eigenvalue weighted by Crippen LogP contribution is 2.16. The Hall–Kier alpha value is -1.85. The topological polar surface area (TPSA) is 90.1 Å². The molecule has 0 aliphatic heterocycles. The van der Waals surface area contributed by atoms with Crippen LogP contribution in [0.5, 0.6) is 5.88 Å². The third-order valence-electron chi connectivity index (χ3n) is 2.34.